The average Bonchev–Trinajstić information content (AvgIpc) is 0.681. The van der Waals surface area contributed by atoms with Crippen LogP contribution in [-0.2, 0) is 96.3 Å². The van der Waals surface area contributed by atoms with Gasteiger partial charge in [0.2, 0.25) is 0 Å². The van der Waals surface area contributed by atoms with Crippen LogP contribution in [0, 0.1) is 28.6 Å². The van der Waals surface area contributed by atoms with Crippen LogP contribution >= 0.6 is 0 Å². The van der Waals surface area contributed by atoms with Crippen LogP contribution in [0.1, 0.15) is 192 Å². The highest BCUT2D eigenvalue weighted by Crippen LogP contribution is 2.73. The first-order valence-corrected chi connectivity index (χ1v) is 28.8. The Labute approximate surface area is 513 Å². The Morgan fingerprint density at radius 1 is 0.489 bits per heavy atom. The summed E-state index contributed by atoms with van der Waals surface area (Å²) in [5, 5.41) is 35.3. The Morgan fingerprint density at radius 2 is 0.864 bits per heavy atom. The number of carboxylic acid groups (broad SMARTS) is 4. The summed E-state index contributed by atoms with van der Waals surface area (Å²) in [6, 6.07) is 6.38. The van der Waals surface area contributed by atoms with E-state index < -0.39 is 142 Å². The second kappa shape index (κ2) is 28.9. The topological polar surface area (TPSA) is 360 Å². The lowest BCUT2D eigenvalue weighted by atomic mass is 9.37. The fourth-order valence-corrected chi connectivity index (χ4v) is 12.6. The van der Waals surface area contributed by atoms with Crippen LogP contribution in [0.25, 0.3) is 0 Å². The van der Waals surface area contributed by atoms with Gasteiger partial charge < -0.3 is 58.3 Å². The maximum atomic E-state index is 12.7. The highest BCUT2D eigenvalue weighted by Gasteiger charge is 2.73. The third kappa shape index (κ3) is 20.3. The summed E-state index contributed by atoms with van der Waals surface area (Å²) in [6.07, 6.45) is 1.64. The molecule has 5 fully saturated rings. The molecule has 6 atom stereocenters. The minimum absolute atomic E-state index is 0.172. The smallest absolute Gasteiger partial charge is 0.338 e. The molecule has 0 radical (unpaired) electrons. The van der Waals surface area contributed by atoms with E-state index in [4.69, 9.17) is 58.3 Å². The molecule has 488 valence electrons. The molecule has 5 aliphatic rings. The second-order valence-corrected chi connectivity index (χ2v) is 26.3. The van der Waals surface area contributed by atoms with Gasteiger partial charge in [0.25, 0.3) is 0 Å². The van der Waals surface area contributed by atoms with Gasteiger partial charge in [0.15, 0.2) is 0 Å². The molecule has 0 aliphatic heterocycles. The van der Waals surface area contributed by atoms with Crippen molar-refractivity contribution < 1.29 is 116 Å². The number of hydrogen-bond donors (Lipinski definition) is 4. The maximum Gasteiger partial charge on any atom is 0.338 e. The lowest BCUT2D eigenvalue weighted by molar-refractivity contribution is -0.290. The summed E-state index contributed by atoms with van der Waals surface area (Å²) in [5.74, 6) is -10.6. The molecule has 4 bridgehead atoms. The Hall–Kier alpha value is -7.92. The molecule has 0 saturated heterocycles. The van der Waals surface area contributed by atoms with E-state index in [2.05, 4.69) is 19.7 Å². The van der Waals surface area contributed by atoms with Crippen molar-refractivity contribution in [2.45, 2.75) is 227 Å². The molecular formula is C64H88O24. The number of carbonyl (C=O) groups excluding carboxylic acids is 8. The van der Waals surface area contributed by atoms with Gasteiger partial charge in [-0.1, -0.05) is 38.8 Å². The Balaban J connectivity index is 0.000000354. The molecule has 0 spiro atoms. The Morgan fingerprint density at radius 3 is 1.24 bits per heavy atom. The molecule has 1 aromatic rings. The quantitative estimate of drug-likeness (QED) is 0.0233. The summed E-state index contributed by atoms with van der Waals surface area (Å²) in [6.45, 7) is 34.5. The minimum atomic E-state index is -1.31. The van der Waals surface area contributed by atoms with Crippen molar-refractivity contribution in [2.24, 2.45) is 28.6 Å². The molecular weight excluding hydrogens is 1150 g/mol. The van der Waals surface area contributed by atoms with E-state index >= 15 is 0 Å². The number of ether oxygens (including phenoxy) is 8. The van der Waals surface area contributed by atoms with E-state index in [9.17, 15) is 57.5 Å². The van der Waals surface area contributed by atoms with Crippen LogP contribution in [0.3, 0.4) is 0 Å². The van der Waals surface area contributed by atoms with Crippen LogP contribution in [0.4, 0.5) is 0 Å². The maximum absolute atomic E-state index is 12.7. The number of esters is 8. The van der Waals surface area contributed by atoms with E-state index in [-0.39, 0.29) is 41.3 Å². The van der Waals surface area contributed by atoms with Crippen LogP contribution in [-0.4, -0.2) is 126 Å². The van der Waals surface area contributed by atoms with Gasteiger partial charge >= 0.3 is 71.6 Å². The molecule has 0 amide bonds. The van der Waals surface area contributed by atoms with Gasteiger partial charge in [-0.15, -0.1) is 0 Å². The van der Waals surface area contributed by atoms with Crippen molar-refractivity contribution in [1.29, 1.82) is 0 Å². The summed E-state index contributed by atoms with van der Waals surface area (Å²) in [7, 11) is 0. The van der Waals surface area contributed by atoms with Crippen LogP contribution in [0.2, 0.25) is 0 Å². The molecule has 24 heteroatoms. The van der Waals surface area contributed by atoms with Gasteiger partial charge in [0.1, 0.15) is 71.1 Å². The van der Waals surface area contributed by atoms with E-state index in [1.54, 1.807) is 86.6 Å². The number of benzene rings is 1. The highest BCUT2D eigenvalue weighted by atomic mass is 16.6. The number of carbonyl (C=O) groups is 12. The summed E-state index contributed by atoms with van der Waals surface area (Å²) in [4.78, 5) is 140. The lowest BCUT2D eigenvalue weighted by Crippen LogP contribution is -2.71. The summed E-state index contributed by atoms with van der Waals surface area (Å²) >= 11 is 0. The molecule has 1 aromatic carbocycles. The molecule has 5 saturated carbocycles. The molecule has 4 N–H and O–H groups in total. The standard InChI is InChI=1S/C26H38O8.C22H32O10.C16H18O6/c1-8-19(29)32-22(4,5)24-10-17-11-25(13-24,23(6,7)33-20(30)9-18(27)28)15-26(12-17,14-24)34-21(31)16(2)3;1-12(2)20(29)30-15-8-13(21(3,4)31-18(27)10-16(23)24)7-14(9-15)22(5,6)32-19(28)11-17(25)26;1-10(2)15(20)21-12-7-5-11(6-8-12)16(3,4)22-14(19)9-13(17)18/h17H,2,8-15H2,1,3-7H3,(H,27,28);13-15H,1,7-11H2,2-6H3,(H,23,24)(H,25,26);5-8H,1,9H2,2-4H3,(H,17,18). The third-order valence-corrected chi connectivity index (χ3v) is 16.9. The van der Waals surface area contributed by atoms with E-state index in [0.717, 1.165) is 12.8 Å². The third-order valence-electron chi connectivity index (χ3n) is 16.9. The first kappa shape index (κ1) is 74.3. The fourth-order valence-electron chi connectivity index (χ4n) is 12.6. The van der Waals surface area contributed by atoms with Crippen LogP contribution in [0.5, 0.6) is 5.75 Å². The largest absolute Gasteiger partial charge is 0.481 e. The number of hydrogen-bond acceptors (Lipinski definition) is 20. The normalized spacial score (nSPS) is 22.8. The summed E-state index contributed by atoms with van der Waals surface area (Å²) in [5.41, 5.74) is -5.48. The second-order valence-electron chi connectivity index (χ2n) is 26.3. The van der Waals surface area contributed by atoms with Crippen molar-refractivity contribution in [3.8, 4) is 5.75 Å². The minimum Gasteiger partial charge on any atom is -0.481 e. The number of rotatable bonds is 25. The van der Waals surface area contributed by atoms with E-state index in [1.807, 2.05) is 27.7 Å². The van der Waals surface area contributed by atoms with Crippen molar-refractivity contribution >= 4 is 71.6 Å². The predicted molar refractivity (Wildman–Crippen MR) is 311 cm³/mol. The van der Waals surface area contributed by atoms with Gasteiger partial charge in [-0.25, -0.2) is 14.4 Å². The molecule has 88 heavy (non-hydrogen) atoms. The lowest BCUT2D eigenvalue weighted by Gasteiger charge is -2.71. The highest BCUT2D eigenvalue weighted by molar-refractivity contribution is 5.92. The molecule has 24 nitrogen and oxygen atoms in total. The average molecular weight is 1240 g/mol. The zero-order valence-electron chi connectivity index (χ0n) is 53.1. The molecule has 5 aliphatic carbocycles. The van der Waals surface area contributed by atoms with Crippen molar-refractivity contribution in [2.75, 3.05) is 0 Å². The zero-order valence-corrected chi connectivity index (χ0v) is 53.1. The monoisotopic (exact) mass is 1240 g/mol. The van der Waals surface area contributed by atoms with Gasteiger partial charge in [0, 0.05) is 45.8 Å². The van der Waals surface area contributed by atoms with Crippen LogP contribution < -0.4 is 4.74 Å². The Bertz CT molecular complexity index is 2860. The van der Waals surface area contributed by atoms with E-state index in [0.29, 0.717) is 61.8 Å². The van der Waals surface area contributed by atoms with Gasteiger partial charge in [-0.05, 0) is 171 Å². The molecule has 0 heterocycles. The van der Waals surface area contributed by atoms with Gasteiger partial charge in [0.05, 0.1) is 0 Å². The van der Waals surface area contributed by atoms with Crippen molar-refractivity contribution in [1.82, 2.24) is 0 Å². The predicted octanol–water partition coefficient (Wildman–Crippen LogP) is 9.25. The first-order chi connectivity index (χ1) is 40.1. The number of carboxylic acids is 4. The fraction of sp³-hybridized carbons (Fsp3) is 0.625. The number of aliphatic carboxylic acids is 4. The van der Waals surface area contributed by atoms with Crippen LogP contribution in [0.15, 0.2) is 60.7 Å². The zero-order chi connectivity index (χ0) is 67.5. The van der Waals surface area contributed by atoms with Gasteiger partial charge in [-0.2, -0.15) is 0 Å². The molecule has 6 rings (SSSR count). The first-order valence-electron chi connectivity index (χ1n) is 28.8. The SMILES string of the molecule is C=C(C)C(=O)OC12CC3CC(C(C)(C)OC(=O)CC)(C1)CC(C(C)(C)OC(=O)CC(=O)O)(C3)C2.C=C(C)C(=O)OC1CC(C(C)(C)OC(=O)CC(=O)O)CC(C(C)(C)OC(=O)CC(=O)O)C1.C=C(C)C(=O)Oc1ccc(C(C)(C)OC(=O)CC(=O)O)cc1. The van der Waals surface area contributed by atoms with E-state index in [1.165, 1.54) is 6.92 Å². The van der Waals surface area contributed by atoms with Crippen molar-refractivity contribution in [3.05, 3.63) is 66.3 Å². The summed E-state index contributed by atoms with van der Waals surface area (Å²) < 4.78 is 44.5. The Kier molecular flexibility index (Phi) is 24.4. The van der Waals surface area contributed by atoms with Crippen molar-refractivity contribution in [3.63, 3.8) is 0 Å². The molecule has 6 unspecified atom stereocenters. The molecule has 0 aromatic heterocycles. The van der Waals surface area contributed by atoms with Gasteiger partial charge in [-0.3, -0.25) is 43.2 Å².